The largest absolute Gasteiger partial charge is 0.495 e. The van der Waals surface area contributed by atoms with Crippen LogP contribution in [0.5, 0.6) is 11.5 Å². The maximum atomic E-state index is 11.8. The molecule has 0 unspecified atom stereocenters. The lowest BCUT2D eigenvalue weighted by Crippen LogP contribution is -2.05. The van der Waals surface area contributed by atoms with Gasteiger partial charge in [-0.15, -0.1) is 0 Å². The van der Waals surface area contributed by atoms with Gasteiger partial charge in [0.15, 0.2) is 0 Å². The van der Waals surface area contributed by atoms with E-state index in [0.29, 0.717) is 39.6 Å². The van der Waals surface area contributed by atoms with Crippen molar-refractivity contribution in [2.75, 3.05) is 20.3 Å². The second-order valence-corrected chi connectivity index (χ2v) is 4.40. The number of fused-ring (bicyclic) bond motifs is 3. The molecule has 0 saturated heterocycles. The summed E-state index contributed by atoms with van der Waals surface area (Å²) in [5, 5.41) is 1.14. The molecule has 0 bridgehead atoms. The summed E-state index contributed by atoms with van der Waals surface area (Å²) in [7, 11) is 1.53. The summed E-state index contributed by atoms with van der Waals surface area (Å²) < 4.78 is 15.8. The van der Waals surface area contributed by atoms with Crippen molar-refractivity contribution in [3.63, 3.8) is 0 Å². The quantitative estimate of drug-likeness (QED) is 0.751. The topological polar surface area (TPSA) is 57.7 Å². The number of pyridine rings is 1. The van der Waals surface area contributed by atoms with Gasteiger partial charge in [-0.3, -0.25) is 4.98 Å². The molecule has 3 rings (SSSR count). The molecule has 0 spiro atoms. The van der Waals surface area contributed by atoms with E-state index in [1.807, 2.05) is 0 Å². The number of esters is 1. The normalized spacial score (nSPS) is 14.3. The van der Waals surface area contributed by atoms with E-state index in [9.17, 15) is 4.79 Å². The Bertz CT molecular complexity index is 671. The Morgan fingerprint density at radius 2 is 2.11 bits per heavy atom. The minimum atomic E-state index is -0.434. The van der Waals surface area contributed by atoms with Gasteiger partial charge < -0.3 is 14.2 Å². The van der Waals surface area contributed by atoms with Crippen molar-refractivity contribution in [1.29, 1.82) is 0 Å². The average molecular weight is 280 g/mol. The van der Waals surface area contributed by atoms with E-state index in [1.54, 1.807) is 12.1 Å². The van der Waals surface area contributed by atoms with Gasteiger partial charge in [-0.1, -0.05) is 11.6 Å². The lowest BCUT2D eigenvalue weighted by Gasteiger charge is -2.10. The summed E-state index contributed by atoms with van der Waals surface area (Å²) in [6.07, 6.45) is 1.44. The number of methoxy groups -OCH3 is 1. The van der Waals surface area contributed by atoms with Crippen LogP contribution < -0.4 is 9.47 Å². The number of cyclic esters (lactones) is 1. The van der Waals surface area contributed by atoms with Crippen molar-refractivity contribution in [1.82, 2.24) is 4.98 Å². The molecule has 0 radical (unpaired) electrons. The van der Waals surface area contributed by atoms with E-state index in [-0.39, 0.29) is 6.61 Å². The summed E-state index contributed by atoms with van der Waals surface area (Å²) in [6.45, 7) is 0.530. The SMILES string of the molecule is COc1cc2c3c(cnc2cc1Cl)C(=O)OCCO3. The van der Waals surface area contributed by atoms with Gasteiger partial charge in [0.25, 0.3) is 0 Å². The van der Waals surface area contributed by atoms with E-state index in [2.05, 4.69) is 4.98 Å². The first-order chi connectivity index (χ1) is 9.20. The molecule has 19 heavy (non-hydrogen) atoms. The molecule has 5 nitrogen and oxygen atoms in total. The third-order valence-electron chi connectivity index (χ3n) is 2.87. The van der Waals surface area contributed by atoms with Crippen LogP contribution in [-0.2, 0) is 4.74 Å². The van der Waals surface area contributed by atoms with Crippen LogP contribution in [0.15, 0.2) is 18.3 Å². The third-order valence-corrected chi connectivity index (χ3v) is 3.17. The fraction of sp³-hybridized carbons (Fsp3) is 0.231. The van der Waals surface area contributed by atoms with Gasteiger partial charge >= 0.3 is 5.97 Å². The van der Waals surface area contributed by atoms with Crippen molar-refractivity contribution in [3.05, 3.63) is 28.9 Å². The molecule has 2 aromatic rings. The van der Waals surface area contributed by atoms with Crippen molar-refractivity contribution >= 4 is 28.5 Å². The Hall–Kier alpha value is -2.01. The maximum absolute atomic E-state index is 11.8. The van der Waals surface area contributed by atoms with E-state index in [4.69, 9.17) is 25.8 Å². The van der Waals surface area contributed by atoms with E-state index in [1.165, 1.54) is 13.3 Å². The van der Waals surface area contributed by atoms with Crippen LogP contribution in [0.1, 0.15) is 10.4 Å². The number of aromatic nitrogens is 1. The van der Waals surface area contributed by atoms with Crippen LogP contribution >= 0.6 is 11.6 Å². The Morgan fingerprint density at radius 3 is 2.89 bits per heavy atom. The van der Waals surface area contributed by atoms with E-state index >= 15 is 0 Å². The number of carbonyl (C=O) groups excluding carboxylic acids is 1. The molecule has 6 heteroatoms. The Balaban J connectivity index is 2.31. The first kappa shape index (κ1) is 12.0. The molecule has 2 heterocycles. The molecule has 1 aromatic heterocycles. The molecule has 0 amide bonds. The number of halogens is 1. The van der Waals surface area contributed by atoms with Crippen LogP contribution in [0.2, 0.25) is 5.02 Å². The van der Waals surface area contributed by atoms with Crippen LogP contribution in [0.4, 0.5) is 0 Å². The van der Waals surface area contributed by atoms with Gasteiger partial charge in [0.2, 0.25) is 0 Å². The first-order valence-corrected chi connectivity index (χ1v) is 6.04. The second-order valence-electron chi connectivity index (χ2n) is 3.99. The van der Waals surface area contributed by atoms with Gasteiger partial charge in [0.1, 0.15) is 30.3 Å². The molecule has 0 atom stereocenters. The molecular formula is C13H10ClNO4. The molecule has 0 aliphatic carbocycles. The number of benzene rings is 1. The standard InChI is InChI=1S/C13H10ClNO4/c1-17-11-4-7-10(5-9(11)14)15-6-8-12(7)18-2-3-19-13(8)16/h4-6H,2-3H2,1H3. The minimum Gasteiger partial charge on any atom is -0.495 e. The van der Waals surface area contributed by atoms with Crippen molar-refractivity contribution in [2.24, 2.45) is 0 Å². The number of hydrogen-bond acceptors (Lipinski definition) is 5. The maximum Gasteiger partial charge on any atom is 0.343 e. The second kappa shape index (κ2) is 4.59. The lowest BCUT2D eigenvalue weighted by atomic mass is 10.1. The van der Waals surface area contributed by atoms with Crippen LogP contribution in [-0.4, -0.2) is 31.3 Å². The van der Waals surface area contributed by atoms with Crippen LogP contribution in [0, 0.1) is 0 Å². The zero-order valence-corrected chi connectivity index (χ0v) is 10.9. The fourth-order valence-corrected chi connectivity index (χ4v) is 2.22. The summed E-state index contributed by atoms with van der Waals surface area (Å²) in [5.41, 5.74) is 0.952. The van der Waals surface area contributed by atoms with Crippen molar-refractivity contribution < 1.29 is 19.0 Å². The number of carbonyl (C=O) groups is 1. The summed E-state index contributed by atoms with van der Waals surface area (Å²) in [5.74, 6) is 0.531. The predicted octanol–water partition coefficient (Wildman–Crippen LogP) is 2.45. The van der Waals surface area contributed by atoms with Crippen LogP contribution in [0.25, 0.3) is 10.9 Å². The first-order valence-electron chi connectivity index (χ1n) is 5.67. The Morgan fingerprint density at radius 1 is 1.32 bits per heavy atom. The number of ether oxygens (including phenoxy) is 3. The summed E-state index contributed by atoms with van der Waals surface area (Å²) >= 11 is 6.05. The minimum absolute atomic E-state index is 0.222. The monoisotopic (exact) mass is 279 g/mol. The fourth-order valence-electron chi connectivity index (χ4n) is 1.98. The predicted molar refractivity (Wildman–Crippen MR) is 69.1 cm³/mol. The van der Waals surface area contributed by atoms with E-state index in [0.717, 1.165) is 0 Å². The molecular weight excluding hydrogens is 270 g/mol. The van der Waals surface area contributed by atoms with Crippen LogP contribution in [0.3, 0.4) is 0 Å². The smallest absolute Gasteiger partial charge is 0.343 e. The summed E-state index contributed by atoms with van der Waals surface area (Å²) in [6, 6.07) is 3.39. The summed E-state index contributed by atoms with van der Waals surface area (Å²) in [4.78, 5) is 16.0. The highest BCUT2D eigenvalue weighted by Gasteiger charge is 2.22. The van der Waals surface area contributed by atoms with Gasteiger partial charge in [0.05, 0.1) is 17.6 Å². The molecule has 1 aliphatic rings. The highest BCUT2D eigenvalue weighted by atomic mass is 35.5. The number of hydrogen-bond donors (Lipinski definition) is 0. The highest BCUT2D eigenvalue weighted by Crippen LogP contribution is 2.36. The van der Waals surface area contributed by atoms with Crippen molar-refractivity contribution in [2.45, 2.75) is 0 Å². The molecule has 98 valence electrons. The Labute approximate surface area is 114 Å². The average Bonchev–Trinajstić information content (AvgIpc) is 2.60. The molecule has 0 saturated carbocycles. The van der Waals surface area contributed by atoms with E-state index < -0.39 is 5.97 Å². The van der Waals surface area contributed by atoms with Crippen molar-refractivity contribution in [3.8, 4) is 11.5 Å². The molecule has 0 fully saturated rings. The zero-order valence-electron chi connectivity index (χ0n) is 10.1. The molecule has 1 aromatic carbocycles. The lowest BCUT2D eigenvalue weighted by molar-refractivity contribution is 0.0492. The Kier molecular flexibility index (Phi) is 2.91. The molecule has 0 N–H and O–H groups in total. The van der Waals surface area contributed by atoms with Gasteiger partial charge in [0, 0.05) is 11.6 Å². The van der Waals surface area contributed by atoms with Gasteiger partial charge in [-0.05, 0) is 12.1 Å². The third kappa shape index (κ3) is 1.96. The van der Waals surface area contributed by atoms with Gasteiger partial charge in [-0.2, -0.15) is 0 Å². The molecule has 1 aliphatic heterocycles. The zero-order chi connectivity index (χ0) is 13.4. The highest BCUT2D eigenvalue weighted by molar-refractivity contribution is 6.32. The number of rotatable bonds is 1. The number of nitrogens with zero attached hydrogens (tertiary/aromatic N) is 1. The van der Waals surface area contributed by atoms with Gasteiger partial charge in [-0.25, -0.2) is 4.79 Å².